The van der Waals surface area contributed by atoms with Crippen LogP contribution in [0.2, 0.25) is 0 Å². The van der Waals surface area contributed by atoms with Crippen LogP contribution < -0.4 is 5.32 Å². The molecule has 1 rings (SSSR count). The van der Waals surface area contributed by atoms with Crippen LogP contribution in [0.4, 0.5) is 0 Å². The number of nitrogens with one attached hydrogen (secondary N) is 1. The average Bonchev–Trinajstić information content (AvgIpc) is 3.11. The highest BCUT2D eigenvalue weighted by molar-refractivity contribution is 14.0. The van der Waals surface area contributed by atoms with E-state index in [9.17, 15) is 8.42 Å². The predicted octanol–water partition coefficient (Wildman–Crippen LogP) is 3.80. The summed E-state index contributed by atoms with van der Waals surface area (Å²) in [7, 11) is -1.34. The molecule has 0 amide bonds. The third-order valence-corrected chi connectivity index (χ3v) is 7.82. The van der Waals surface area contributed by atoms with Crippen molar-refractivity contribution in [1.29, 1.82) is 0 Å². The topological polar surface area (TPSA) is 65.0 Å². The molecule has 1 heterocycles. The quantitative estimate of drug-likeness (QED) is 0.144. The van der Waals surface area contributed by atoms with Gasteiger partial charge in [-0.25, -0.2) is 8.42 Å². The first-order valence-corrected chi connectivity index (χ1v) is 11.8. The zero-order chi connectivity index (χ0) is 20.3. The lowest BCUT2D eigenvalue weighted by Crippen LogP contribution is -2.39. The van der Waals surface area contributed by atoms with E-state index in [1.54, 1.807) is 6.07 Å². The van der Waals surface area contributed by atoms with Gasteiger partial charge in [-0.05, 0) is 31.9 Å². The zero-order valence-corrected chi connectivity index (χ0v) is 21.4. The molecular formula is C19H35IN4O2S2. The lowest BCUT2D eigenvalue weighted by atomic mass is 10.3. The Kier molecular flexibility index (Phi) is 14.0. The molecule has 0 fully saturated rings. The molecule has 0 aliphatic heterocycles. The summed E-state index contributed by atoms with van der Waals surface area (Å²) >= 11 is 1.35. The SMILES string of the molecule is C=CCCCN(C)C(=NCCc1ccc(S(=O)(=O)N(CC)CC)s1)NCC.I. The van der Waals surface area contributed by atoms with Crippen molar-refractivity contribution >= 4 is 51.3 Å². The minimum Gasteiger partial charge on any atom is -0.357 e. The molecule has 0 aliphatic carbocycles. The second-order valence-electron chi connectivity index (χ2n) is 6.15. The van der Waals surface area contributed by atoms with E-state index in [0.29, 0.717) is 23.8 Å². The Balaban J connectivity index is 0.00000729. The molecule has 0 unspecified atom stereocenters. The predicted molar refractivity (Wildman–Crippen MR) is 132 cm³/mol. The number of hydrogen-bond donors (Lipinski definition) is 1. The van der Waals surface area contributed by atoms with Gasteiger partial charge in [-0.2, -0.15) is 4.31 Å². The number of sulfonamides is 1. The molecule has 0 atom stereocenters. The largest absolute Gasteiger partial charge is 0.357 e. The molecule has 1 aromatic heterocycles. The van der Waals surface area contributed by atoms with Gasteiger partial charge < -0.3 is 10.2 Å². The van der Waals surface area contributed by atoms with Crippen molar-refractivity contribution in [3.05, 3.63) is 29.7 Å². The van der Waals surface area contributed by atoms with Gasteiger partial charge in [-0.3, -0.25) is 4.99 Å². The Bertz CT molecular complexity index is 701. The third kappa shape index (κ3) is 8.38. The fourth-order valence-electron chi connectivity index (χ4n) is 2.64. The number of rotatable bonds is 12. The molecule has 0 saturated heterocycles. The van der Waals surface area contributed by atoms with E-state index < -0.39 is 10.0 Å². The standard InChI is InChI=1S/C19H34N4O2S2.HI/c1-6-10-11-16-22(5)19(20-7-2)21-15-14-17-12-13-18(26-17)27(24,25)23(8-3)9-4;/h6,12-13H,1,7-11,14-16H2,2-5H3,(H,20,21);1H. The second kappa shape index (κ2) is 14.4. The molecular weight excluding hydrogens is 507 g/mol. The van der Waals surface area contributed by atoms with Crippen LogP contribution in [0.1, 0.15) is 38.5 Å². The first kappa shape index (κ1) is 27.4. The van der Waals surface area contributed by atoms with Crippen molar-refractivity contribution in [2.24, 2.45) is 4.99 Å². The van der Waals surface area contributed by atoms with Crippen LogP contribution in [-0.4, -0.2) is 63.4 Å². The van der Waals surface area contributed by atoms with E-state index in [4.69, 9.17) is 0 Å². The lowest BCUT2D eigenvalue weighted by Gasteiger charge is -2.21. The second-order valence-corrected chi connectivity index (χ2v) is 9.48. The van der Waals surface area contributed by atoms with Gasteiger partial charge in [0.2, 0.25) is 0 Å². The van der Waals surface area contributed by atoms with Gasteiger partial charge >= 0.3 is 0 Å². The van der Waals surface area contributed by atoms with Gasteiger partial charge in [-0.15, -0.1) is 41.9 Å². The number of unbranched alkanes of at least 4 members (excludes halogenated alkanes) is 1. The van der Waals surface area contributed by atoms with Gasteiger partial charge in [-0.1, -0.05) is 19.9 Å². The van der Waals surface area contributed by atoms with Crippen molar-refractivity contribution in [2.45, 2.75) is 44.2 Å². The van der Waals surface area contributed by atoms with Crippen molar-refractivity contribution < 1.29 is 8.42 Å². The average molecular weight is 543 g/mol. The van der Waals surface area contributed by atoms with E-state index in [1.165, 1.54) is 15.6 Å². The summed E-state index contributed by atoms with van der Waals surface area (Å²) in [4.78, 5) is 7.84. The molecule has 162 valence electrons. The zero-order valence-electron chi connectivity index (χ0n) is 17.5. The molecule has 0 saturated carbocycles. The minimum absolute atomic E-state index is 0. The number of halogens is 1. The summed E-state index contributed by atoms with van der Waals surface area (Å²) in [6.45, 7) is 12.9. The van der Waals surface area contributed by atoms with E-state index in [-0.39, 0.29) is 24.0 Å². The van der Waals surface area contributed by atoms with Crippen molar-refractivity contribution in [1.82, 2.24) is 14.5 Å². The maximum absolute atomic E-state index is 12.6. The van der Waals surface area contributed by atoms with E-state index in [2.05, 4.69) is 28.7 Å². The fraction of sp³-hybridized carbons (Fsp3) is 0.632. The first-order valence-electron chi connectivity index (χ1n) is 9.59. The monoisotopic (exact) mass is 542 g/mol. The van der Waals surface area contributed by atoms with Crippen molar-refractivity contribution in [3.8, 4) is 0 Å². The third-order valence-electron chi connectivity index (χ3n) is 4.15. The summed E-state index contributed by atoms with van der Waals surface area (Å²) < 4.78 is 27.1. The number of thiophene rings is 1. The number of aliphatic imine (C=N–C) groups is 1. The summed E-state index contributed by atoms with van der Waals surface area (Å²) in [6, 6.07) is 3.61. The highest BCUT2D eigenvalue weighted by atomic mass is 127. The van der Waals surface area contributed by atoms with Crippen LogP contribution in [0.5, 0.6) is 0 Å². The highest BCUT2D eigenvalue weighted by Gasteiger charge is 2.23. The van der Waals surface area contributed by atoms with E-state index >= 15 is 0 Å². The van der Waals surface area contributed by atoms with Crippen LogP contribution in [0.15, 0.2) is 34.0 Å². The number of hydrogen-bond acceptors (Lipinski definition) is 4. The maximum Gasteiger partial charge on any atom is 0.252 e. The Morgan fingerprint density at radius 1 is 1.29 bits per heavy atom. The lowest BCUT2D eigenvalue weighted by molar-refractivity contribution is 0.447. The molecule has 0 bridgehead atoms. The van der Waals surface area contributed by atoms with Crippen molar-refractivity contribution in [3.63, 3.8) is 0 Å². The minimum atomic E-state index is -3.37. The van der Waals surface area contributed by atoms with E-state index in [0.717, 1.165) is 43.2 Å². The van der Waals surface area contributed by atoms with Crippen molar-refractivity contribution in [2.75, 3.05) is 39.8 Å². The Morgan fingerprint density at radius 3 is 2.54 bits per heavy atom. The van der Waals surface area contributed by atoms with E-state index in [1.807, 2.05) is 33.0 Å². The summed E-state index contributed by atoms with van der Waals surface area (Å²) in [6.07, 6.45) is 4.69. The highest BCUT2D eigenvalue weighted by Crippen LogP contribution is 2.25. The first-order chi connectivity index (χ1) is 12.9. The van der Waals surface area contributed by atoms with Gasteiger partial charge in [0, 0.05) is 51.1 Å². The Labute approximate surface area is 192 Å². The number of allylic oxidation sites excluding steroid dienone is 1. The molecule has 0 aromatic carbocycles. The van der Waals surface area contributed by atoms with Gasteiger partial charge in [0.1, 0.15) is 4.21 Å². The van der Waals surface area contributed by atoms with Gasteiger partial charge in [0.15, 0.2) is 5.96 Å². The molecule has 28 heavy (non-hydrogen) atoms. The molecule has 0 radical (unpaired) electrons. The molecule has 1 aromatic rings. The molecule has 0 aliphatic rings. The number of guanidine groups is 1. The molecule has 0 spiro atoms. The summed E-state index contributed by atoms with van der Waals surface area (Å²) in [5, 5.41) is 3.31. The van der Waals surface area contributed by atoms with Crippen LogP contribution >= 0.6 is 35.3 Å². The van der Waals surface area contributed by atoms with Crippen LogP contribution in [0.25, 0.3) is 0 Å². The fourth-order valence-corrected chi connectivity index (χ4v) is 5.60. The normalized spacial score (nSPS) is 12.0. The molecule has 1 N–H and O–H groups in total. The van der Waals surface area contributed by atoms with Crippen LogP contribution in [-0.2, 0) is 16.4 Å². The molecule has 9 heteroatoms. The molecule has 6 nitrogen and oxygen atoms in total. The summed E-state index contributed by atoms with van der Waals surface area (Å²) in [5.74, 6) is 0.883. The Morgan fingerprint density at radius 2 is 1.96 bits per heavy atom. The smallest absolute Gasteiger partial charge is 0.252 e. The Hall–Kier alpha value is -0.650. The maximum atomic E-state index is 12.6. The van der Waals surface area contributed by atoms with Gasteiger partial charge in [0.05, 0.1) is 0 Å². The summed E-state index contributed by atoms with van der Waals surface area (Å²) in [5.41, 5.74) is 0. The van der Waals surface area contributed by atoms with Crippen LogP contribution in [0.3, 0.4) is 0 Å². The number of nitrogens with zero attached hydrogens (tertiary/aromatic N) is 3. The van der Waals surface area contributed by atoms with Crippen LogP contribution in [0, 0.1) is 0 Å². The van der Waals surface area contributed by atoms with Gasteiger partial charge in [0.25, 0.3) is 10.0 Å².